The average Bonchev–Trinajstić information content (AvgIpc) is 2.83. The van der Waals surface area contributed by atoms with Crippen LogP contribution < -0.4 is 5.32 Å². The zero-order valence-corrected chi connectivity index (χ0v) is 11.5. The van der Waals surface area contributed by atoms with Gasteiger partial charge in [-0.3, -0.25) is 0 Å². The molecule has 1 rings (SSSR count). The first-order valence-electron chi connectivity index (χ1n) is 6.98. The lowest BCUT2D eigenvalue weighted by Crippen LogP contribution is -2.31. The highest BCUT2D eigenvalue weighted by Gasteiger charge is 2.29. The first-order chi connectivity index (χ1) is 8.67. The van der Waals surface area contributed by atoms with Gasteiger partial charge in [-0.25, -0.2) is 4.79 Å². The number of hydrogen-bond acceptors (Lipinski definition) is 4. The third-order valence-corrected chi connectivity index (χ3v) is 3.48. The Labute approximate surface area is 109 Å². The number of carbonyl (C=O) groups is 1. The van der Waals surface area contributed by atoms with E-state index in [2.05, 4.69) is 24.1 Å². The van der Waals surface area contributed by atoms with Gasteiger partial charge in [0.2, 0.25) is 0 Å². The first kappa shape index (κ1) is 15.4. The minimum Gasteiger partial charge on any atom is -0.479 e. The summed E-state index contributed by atoms with van der Waals surface area (Å²) in [6.07, 6.45) is 2.09. The summed E-state index contributed by atoms with van der Waals surface area (Å²) in [4.78, 5) is 13.1. The van der Waals surface area contributed by atoms with Crippen molar-refractivity contribution in [2.45, 2.75) is 45.3 Å². The van der Waals surface area contributed by atoms with Crippen LogP contribution in [0.2, 0.25) is 0 Å². The molecular weight excluding hydrogens is 232 g/mol. The Morgan fingerprint density at radius 2 is 2.11 bits per heavy atom. The minimum absolute atomic E-state index is 0.0690. The van der Waals surface area contributed by atoms with Crippen LogP contribution in [0.15, 0.2) is 0 Å². The molecule has 5 nitrogen and oxygen atoms in total. The minimum atomic E-state index is -0.834. The van der Waals surface area contributed by atoms with Gasteiger partial charge in [0.1, 0.15) is 0 Å². The second kappa shape index (κ2) is 8.45. The molecule has 1 heterocycles. The maximum atomic E-state index is 10.7. The Hall–Kier alpha value is -0.650. The number of hydrogen-bond donors (Lipinski definition) is 2. The fraction of sp³-hybridized carbons (Fsp3) is 0.923. The molecule has 0 aromatic heterocycles. The van der Waals surface area contributed by atoms with Crippen molar-refractivity contribution >= 4 is 5.97 Å². The van der Waals surface area contributed by atoms with Gasteiger partial charge in [0, 0.05) is 6.54 Å². The van der Waals surface area contributed by atoms with E-state index in [4.69, 9.17) is 9.84 Å². The molecule has 2 atom stereocenters. The lowest BCUT2D eigenvalue weighted by molar-refractivity contribution is -0.149. The highest BCUT2D eigenvalue weighted by atomic mass is 16.5. The van der Waals surface area contributed by atoms with Crippen LogP contribution in [-0.2, 0) is 9.53 Å². The molecule has 1 fully saturated rings. The van der Waals surface area contributed by atoms with Gasteiger partial charge in [-0.05, 0) is 45.4 Å². The quantitative estimate of drug-likeness (QED) is 0.603. The molecule has 2 N–H and O–H groups in total. The van der Waals surface area contributed by atoms with Gasteiger partial charge in [0.15, 0.2) is 6.10 Å². The summed E-state index contributed by atoms with van der Waals surface area (Å²) in [5.41, 5.74) is 0. The first-order valence-corrected chi connectivity index (χ1v) is 6.98. The molecule has 2 unspecified atom stereocenters. The van der Waals surface area contributed by atoms with E-state index in [-0.39, 0.29) is 6.10 Å². The third kappa shape index (κ3) is 5.33. The van der Waals surface area contributed by atoms with Gasteiger partial charge in [0.25, 0.3) is 0 Å². The number of aliphatic carboxylic acids is 1. The van der Waals surface area contributed by atoms with E-state index in [1.807, 2.05) is 0 Å². The van der Waals surface area contributed by atoms with Gasteiger partial charge in [0.05, 0.1) is 6.10 Å². The van der Waals surface area contributed by atoms with Crippen molar-refractivity contribution in [3.05, 3.63) is 0 Å². The molecular formula is C13H26N2O3. The molecule has 0 aliphatic carbocycles. The Morgan fingerprint density at radius 3 is 2.67 bits per heavy atom. The van der Waals surface area contributed by atoms with Crippen LogP contribution in [0, 0.1) is 0 Å². The summed E-state index contributed by atoms with van der Waals surface area (Å²) in [6, 6.07) is 0. The number of carboxylic acid groups (broad SMARTS) is 1. The Bertz CT molecular complexity index is 244. The molecule has 1 aliphatic heterocycles. The highest BCUT2D eigenvalue weighted by Crippen LogP contribution is 2.19. The van der Waals surface area contributed by atoms with Crippen molar-refractivity contribution in [3.63, 3.8) is 0 Å². The number of nitrogens with one attached hydrogen (secondary N) is 1. The van der Waals surface area contributed by atoms with E-state index in [0.717, 1.165) is 45.6 Å². The van der Waals surface area contributed by atoms with E-state index in [0.29, 0.717) is 6.42 Å². The van der Waals surface area contributed by atoms with E-state index in [1.54, 1.807) is 0 Å². The Morgan fingerprint density at radius 1 is 1.39 bits per heavy atom. The van der Waals surface area contributed by atoms with Gasteiger partial charge < -0.3 is 20.1 Å². The van der Waals surface area contributed by atoms with Crippen LogP contribution in [0.4, 0.5) is 0 Å². The summed E-state index contributed by atoms with van der Waals surface area (Å²) in [5.74, 6) is -0.834. The Kier molecular flexibility index (Phi) is 7.23. The van der Waals surface area contributed by atoms with Gasteiger partial charge in [-0.2, -0.15) is 0 Å². The molecule has 106 valence electrons. The van der Waals surface area contributed by atoms with Gasteiger partial charge >= 0.3 is 5.97 Å². The predicted molar refractivity (Wildman–Crippen MR) is 70.8 cm³/mol. The van der Waals surface area contributed by atoms with Crippen molar-refractivity contribution in [3.8, 4) is 0 Å². The average molecular weight is 258 g/mol. The maximum Gasteiger partial charge on any atom is 0.332 e. The number of rotatable bonds is 9. The fourth-order valence-corrected chi connectivity index (χ4v) is 2.27. The molecule has 18 heavy (non-hydrogen) atoms. The summed E-state index contributed by atoms with van der Waals surface area (Å²) in [7, 11) is 0. The van der Waals surface area contributed by atoms with Crippen molar-refractivity contribution in [1.29, 1.82) is 0 Å². The van der Waals surface area contributed by atoms with Crippen molar-refractivity contribution < 1.29 is 14.6 Å². The van der Waals surface area contributed by atoms with Crippen LogP contribution in [0.5, 0.6) is 0 Å². The molecule has 0 aromatic rings. The molecule has 0 bridgehead atoms. The molecule has 1 aliphatic rings. The summed E-state index contributed by atoms with van der Waals surface area (Å²) in [6.45, 7) is 9.40. The molecule has 0 aromatic carbocycles. The van der Waals surface area contributed by atoms with E-state index in [9.17, 15) is 4.79 Å². The van der Waals surface area contributed by atoms with Crippen LogP contribution in [0.3, 0.4) is 0 Å². The van der Waals surface area contributed by atoms with Crippen molar-refractivity contribution in [1.82, 2.24) is 10.2 Å². The normalized spacial score (nSPS) is 23.7. The van der Waals surface area contributed by atoms with E-state index < -0.39 is 12.1 Å². The Balaban J connectivity index is 2.00. The van der Waals surface area contributed by atoms with Crippen LogP contribution in [0.25, 0.3) is 0 Å². The molecule has 0 saturated carbocycles. The molecule has 0 radical (unpaired) electrons. The van der Waals surface area contributed by atoms with Crippen LogP contribution in [0.1, 0.15) is 33.1 Å². The lowest BCUT2D eigenvalue weighted by Gasteiger charge is -2.18. The van der Waals surface area contributed by atoms with E-state index in [1.165, 1.54) is 0 Å². The van der Waals surface area contributed by atoms with Gasteiger partial charge in [-0.1, -0.05) is 13.8 Å². The van der Waals surface area contributed by atoms with Crippen molar-refractivity contribution in [2.24, 2.45) is 0 Å². The monoisotopic (exact) mass is 258 g/mol. The largest absolute Gasteiger partial charge is 0.479 e. The summed E-state index contributed by atoms with van der Waals surface area (Å²) < 4.78 is 5.42. The zero-order chi connectivity index (χ0) is 13.4. The predicted octanol–water partition coefficient (Wildman–Crippen LogP) is 0.940. The molecule has 0 amide bonds. The second-order valence-corrected chi connectivity index (χ2v) is 4.75. The highest BCUT2D eigenvalue weighted by molar-refractivity contribution is 5.72. The molecule has 0 spiro atoms. The molecule has 5 heteroatoms. The number of ether oxygens (including phenoxy) is 1. The number of carboxylic acids is 1. The van der Waals surface area contributed by atoms with E-state index >= 15 is 0 Å². The summed E-state index contributed by atoms with van der Waals surface area (Å²) >= 11 is 0. The van der Waals surface area contributed by atoms with Crippen LogP contribution in [-0.4, -0.2) is 60.9 Å². The van der Waals surface area contributed by atoms with Crippen molar-refractivity contribution in [2.75, 3.05) is 32.7 Å². The second-order valence-electron chi connectivity index (χ2n) is 4.75. The smallest absolute Gasteiger partial charge is 0.332 e. The SMILES string of the molecule is CCN(CC)CCCNCC1CCC(C(=O)O)O1. The lowest BCUT2D eigenvalue weighted by atomic mass is 10.2. The standard InChI is InChI=1S/C13H26N2O3/c1-3-15(4-2)9-5-8-14-10-11-6-7-12(18-11)13(16)17/h11-12,14H,3-10H2,1-2H3,(H,16,17). The molecule has 1 saturated heterocycles. The summed E-state index contributed by atoms with van der Waals surface area (Å²) in [5, 5.41) is 12.2. The van der Waals surface area contributed by atoms with Crippen LogP contribution >= 0.6 is 0 Å². The number of nitrogens with zero attached hydrogens (tertiary/aromatic N) is 1. The fourth-order valence-electron chi connectivity index (χ4n) is 2.27. The third-order valence-electron chi connectivity index (χ3n) is 3.48. The maximum absolute atomic E-state index is 10.7. The topological polar surface area (TPSA) is 61.8 Å². The van der Waals surface area contributed by atoms with Gasteiger partial charge in [-0.15, -0.1) is 0 Å². The zero-order valence-electron chi connectivity index (χ0n) is 11.5.